The van der Waals surface area contributed by atoms with Crippen molar-refractivity contribution in [1.82, 2.24) is 0 Å². The van der Waals surface area contributed by atoms with E-state index in [1.165, 1.54) is 15.6 Å². The number of epoxide rings is 1. The second-order valence-electron chi connectivity index (χ2n) is 3.82. The van der Waals surface area contributed by atoms with Crippen molar-refractivity contribution in [3.05, 3.63) is 21.7 Å². The van der Waals surface area contributed by atoms with Gasteiger partial charge in [-0.2, -0.15) is 0 Å². The van der Waals surface area contributed by atoms with Crippen LogP contribution in [0.3, 0.4) is 0 Å². The predicted octanol–water partition coefficient (Wildman–Crippen LogP) is 0.750. The van der Waals surface area contributed by atoms with Crippen molar-refractivity contribution in [1.29, 1.82) is 0 Å². The fourth-order valence-electron chi connectivity index (χ4n) is 1.64. The zero-order valence-electron chi connectivity index (χ0n) is 11.3. The summed E-state index contributed by atoms with van der Waals surface area (Å²) in [6.45, 7) is 19.3. The molecule has 1 heterocycles. The van der Waals surface area contributed by atoms with Crippen molar-refractivity contribution in [3.63, 3.8) is 0 Å². The molecule has 1 fully saturated rings. The molecule has 0 spiro atoms. The van der Waals surface area contributed by atoms with E-state index in [-0.39, 0.29) is 6.10 Å². The monoisotopic (exact) mass is 318 g/mol. The van der Waals surface area contributed by atoms with Gasteiger partial charge in [-0.25, -0.2) is 0 Å². The molecule has 1 aliphatic carbocycles. The van der Waals surface area contributed by atoms with Gasteiger partial charge >= 0.3 is 92.9 Å². The molecule has 0 aromatic carbocycles. The minimum atomic E-state index is 0.189. The van der Waals surface area contributed by atoms with Crippen LogP contribution in [0.15, 0.2) is 21.7 Å². The van der Waals surface area contributed by atoms with E-state index in [9.17, 15) is 0 Å². The molecule has 6 radical (unpaired) electrons. The van der Waals surface area contributed by atoms with E-state index in [4.69, 9.17) is 23.9 Å². The molecule has 0 aromatic heterocycles. The zero-order chi connectivity index (χ0) is 16.1. The van der Waals surface area contributed by atoms with E-state index in [0.717, 1.165) is 19.6 Å². The maximum Gasteiger partial charge on any atom is 0.281 e. The van der Waals surface area contributed by atoms with E-state index in [1.54, 1.807) is 0 Å². The van der Waals surface area contributed by atoms with Crippen molar-refractivity contribution in [2.75, 3.05) is 13.2 Å². The molecule has 0 bridgehead atoms. The smallest absolute Gasteiger partial charge is 0.281 e. The Labute approximate surface area is 128 Å². The molecule has 6 heteroatoms. The number of rotatable bonds is 4. The van der Waals surface area contributed by atoms with Gasteiger partial charge < -0.3 is 0 Å². The summed E-state index contributed by atoms with van der Waals surface area (Å²) in [5.41, 5.74) is 2.65. The quantitative estimate of drug-likeness (QED) is 0.565. The molecule has 0 amide bonds. The van der Waals surface area contributed by atoms with Crippen LogP contribution in [0.25, 0.3) is 0 Å². The van der Waals surface area contributed by atoms with E-state index < -0.39 is 0 Å². The van der Waals surface area contributed by atoms with Gasteiger partial charge in [0, 0.05) is 0 Å². The Morgan fingerprint density at radius 1 is 1.35 bits per heavy atom. The molecule has 2 aliphatic rings. The Hall–Kier alpha value is -1.07. The van der Waals surface area contributed by atoms with Gasteiger partial charge in [0.25, 0.3) is 20.4 Å². The van der Waals surface area contributed by atoms with E-state index >= 15 is 0 Å². The van der Waals surface area contributed by atoms with Crippen molar-refractivity contribution >= 4 is 20.4 Å². The average Bonchev–Trinajstić information content (AvgIpc) is 3.29. The summed E-state index contributed by atoms with van der Waals surface area (Å²) in [7, 11) is 0. The summed E-state index contributed by atoms with van der Waals surface area (Å²) in [6.07, 6.45) is 3.79. The molecular formula is C14H15MnO5. The van der Waals surface area contributed by atoms with Crippen molar-refractivity contribution in [3.8, 4) is 0 Å². The summed E-state index contributed by atoms with van der Waals surface area (Å²) < 4.78 is 12.1. The first-order valence-electron chi connectivity index (χ1n) is 5.58. The summed E-state index contributed by atoms with van der Waals surface area (Å²) in [4.78, 5) is 22.5. The number of carbonyl (C=O) groups excluding carboxylic acids is 3. The fraction of sp³-hybridized carbons (Fsp3) is 0.500. The molecule has 0 saturated carbocycles. The standard InChI is InChI=1S/C11H15O2.3CO.Mn/c1-8-4-3-5-11(8)9(2)12-6-10-7-13-10;3*1-2;/h5,9-10H,3,6-7H2,1-2H3;;;;. The van der Waals surface area contributed by atoms with Crippen LogP contribution in [0.4, 0.5) is 0 Å². The third-order valence-electron chi connectivity index (χ3n) is 2.71. The molecule has 2 unspecified atom stereocenters. The first kappa shape index (κ1) is 21.2. The van der Waals surface area contributed by atoms with Gasteiger partial charge in [-0.3, -0.25) is 14.4 Å². The summed E-state index contributed by atoms with van der Waals surface area (Å²) in [5, 5.41) is 0. The summed E-state index contributed by atoms with van der Waals surface area (Å²) >= 11 is 3.55. The molecular weight excluding hydrogens is 303 g/mol. The van der Waals surface area contributed by atoms with Gasteiger partial charge in [0.2, 0.25) is 0 Å². The minimum Gasteiger partial charge on any atom is -0.281 e. The van der Waals surface area contributed by atoms with Crippen LogP contribution < -0.4 is 0 Å². The number of hydrogen-bond donors (Lipinski definition) is 0. The van der Waals surface area contributed by atoms with E-state index in [1.807, 2.05) is 0 Å². The maximum atomic E-state index is 7.50. The molecule has 108 valence electrons. The molecule has 2 rings (SSSR count). The maximum absolute atomic E-state index is 7.50. The van der Waals surface area contributed by atoms with E-state index in [0.29, 0.717) is 6.10 Å². The Morgan fingerprint density at radius 2 is 1.85 bits per heavy atom. The second-order valence-corrected chi connectivity index (χ2v) is 4.54. The molecule has 2 atom stereocenters. The number of allylic oxidation sites excluding steroid dienone is 2. The number of ether oxygens (including phenoxy) is 2. The Kier molecular flexibility index (Phi) is 13.7. The predicted molar refractivity (Wildman–Crippen MR) is 67.6 cm³/mol. The molecule has 1 aliphatic heterocycles. The van der Waals surface area contributed by atoms with Crippen LogP contribution in [-0.2, 0) is 39.9 Å². The average molecular weight is 318 g/mol. The number of hydrogen-bond acceptors (Lipinski definition) is 5. The normalized spacial score (nSPS) is 20.1. The van der Waals surface area contributed by atoms with Gasteiger partial charge in [-0.05, 0) is 0 Å². The fourth-order valence-corrected chi connectivity index (χ4v) is 1.93. The Balaban J connectivity index is 0. The van der Waals surface area contributed by atoms with Gasteiger partial charge in [0.15, 0.2) is 0 Å². The molecule has 5 nitrogen and oxygen atoms in total. The van der Waals surface area contributed by atoms with Gasteiger partial charge in [0.1, 0.15) is 0 Å². The third-order valence-corrected chi connectivity index (χ3v) is 3.40. The Bertz CT molecular complexity index is 332. The van der Waals surface area contributed by atoms with Crippen LogP contribution in [0.2, 0.25) is 0 Å². The van der Waals surface area contributed by atoms with Crippen molar-refractivity contribution in [2.24, 2.45) is 0 Å². The van der Waals surface area contributed by atoms with Crippen molar-refractivity contribution < 1.29 is 39.9 Å². The zero-order valence-corrected chi connectivity index (χ0v) is 12.5. The second kappa shape index (κ2) is 12.9. The first-order valence-corrected chi connectivity index (χ1v) is 6.17. The molecule has 20 heavy (non-hydrogen) atoms. The SMILES string of the molecule is CC1=[C]([Mn])CC=C1C(C)OCC1CO1.[C]=O.[C]=O.[C]=O. The van der Waals surface area contributed by atoms with Gasteiger partial charge in [-0.15, -0.1) is 0 Å². The van der Waals surface area contributed by atoms with Crippen LogP contribution in [0.1, 0.15) is 20.3 Å². The van der Waals surface area contributed by atoms with Gasteiger partial charge in [0.05, 0.1) is 0 Å². The Morgan fingerprint density at radius 3 is 2.20 bits per heavy atom. The first-order chi connectivity index (χ1) is 9.68. The van der Waals surface area contributed by atoms with Crippen LogP contribution in [0, 0.1) is 0 Å². The minimum absolute atomic E-state index is 0.189. The van der Waals surface area contributed by atoms with Crippen LogP contribution in [0.5, 0.6) is 0 Å². The molecule has 0 aromatic rings. The molecule has 0 N–H and O–H groups in total. The van der Waals surface area contributed by atoms with Crippen molar-refractivity contribution in [2.45, 2.75) is 32.5 Å². The van der Waals surface area contributed by atoms with Crippen LogP contribution in [-0.4, -0.2) is 45.8 Å². The van der Waals surface area contributed by atoms with Crippen LogP contribution >= 0.6 is 0 Å². The summed E-state index contributed by atoms with van der Waals surface area (Å²) in [6, 6.07) is 0. The van der Waals surface area contributed by atoms with Gasteiger partial charge in [-0.1, -0.05) is 0 Å². The van der Waals surface area contributed by atoms with E-state index in [2.05, 4.69) is 56.3 Å². The summed E-state index contributed by atoms with van der Waals surface area (Å²) in [5.74, 6) is 0. The molecule has 1 saturated heterocycles. The topological polar surface area (TPSA) is 73.0 Å². The largest absolute Gasteiger partial charge is 0.281 e. The third kappa shape index (κ3) is 7.50.